The van der Waals surface area contributed by atoms with E-state index in [0.29, 0.717) is 5.56 Å². The summed E-state index contributed by atoms with van der Waals surface area (Å²) in [6, 6.07) is 8.27. The molecule has 30 heavy (non-hydrogen) atoms. The standard InChI is InChI=1S/C23H36O4S2Si/c1-10-23(11-2,20-15-17(4)21(28-20)29(24,25)26)18-12-13-19(16(3)14-18)27-30(8,9)22(5,6)7/h12-15H,10-11H2,1-9H3,(H,24,25,26). The van der Waals surface area contributed by atoms with Crippen LogP contribution in [0.25, 0.3) is 0 Å². The van der Waals surface area contributed by atoms with Gasteiger partial charge in [-0.05, 0) is 73.6 Å². The first kappa shape index (κ1) is 25.1. The lowest BCUT2D eigenvalue weighted by Gasteiger charge is -2.37. The molecule has 0 atom stereocenters. The van der Waals surface area contributed by atoms with Gasteiger partial charge < -0.3 is 4.43 Å². The van der Waals surface area contributed by atoms with Gasteiger partial charge in [-0.2, -0.15) is 8.42 Å². The summed E-state index contributed by atoms with van der Waals surface area (Å²) in [7, 11) is -6.16. The molecule has 0 amide bonds. The fraction of sp³-hybridized carbons (Fsp3) is 0.565. The van der Waals surface area contributed by atoms with Crippen LogP contribution in [0.2, 0.25) is 18.1 Å². The summed E-state index contributed by atoms with van der Waals surface area (Å²) in [6.07, 6.45) is 1.66. The zero-order chi connectivity index (χ0) is 23.1. The molecule has 1 heterocycles. The van der Waals surface area contributed by atoms with Crippen molar-refractivity contribution < 1.29 is 17.4 Å². The maximum Gasteiger partial charge on any atom is 0.304 e. The van der Waals surface area contributed by atoms with Gasteiger partial charge >= 0.3 is 10.1 Å². The van der Waals surface area contributed by atoms with Crippen LogP contribution in [0.15, 0.2) is 28.5 Å². The van der Waals surface area contributed by atoms with Gasteiger partial charge in [0.1, 0.15) is 9.96 Å². The molecule has 0 aliphatic heterocycles. The molecule has 0 saturated carbocycles. The highest BCUT2D eigenvalue weighted by atomic mass is 32.3. The minimum atomic E-state index is -4.22. The molecule has 0 spiro atoms. The number of benzene rings is 1. The second kappa shape index (κ2) is 8.41. The van der Waals surface area contributed by atoms with E-state index >= 15 is 0 Å². The van der Waals surface area contributed by atoms with E-state index in [1.165, 1.54) is 11.3 Å². The third kappa shape index (κ3) is 4.69. The fourth-order valence-corrected chi connectivity index (χ4v) is 7.09. The Morgan fingerprint density at radius 2 is 1.60 bits per heavy atom. The topological polar surface area (TPSA) is 63.6 Å². The molecule has 4 nitrogen and oxygen atoms in total. The maximum atomic E-state index is 11.8. The van der Waals surface area contributed by atoms with Crippen molar-refractivity contribution in [2.24, 2.45) is 0 Å². The van der Waals surface area contributed by atoms with E-state index in [2.05, 4.69) is 72.8 Å². The van der Waals surface area contributed by atoms with Crippen LogP contribution < -0.4 is 4.43 Å². The Labute approximate surface area is 187 Å². The van der Waals surface area contributed by atoms with E-state index in [-0.39, 0.29) is 14.7 Å². The third-order valence-corrected chi connectivity index (χ3v) is 13.9. The lowest BCUT2D eigenvalue weighted by molar-refractivity contribution is 0.477. The highest BCUT2D eigenvalue weighted by Crippen LogP contribution is 2.45. The molecule has 1 aromatic carbocycles. The number of rotatable bonds is 7. The maximum absolute atomic E-state index is 11.8. The summed E-state index contributed by atoms with van der Waals surface area (Å²) < 4.78 is 39.7. The predicted octanol–water partition coefficient (Wildman–Crippen LogP) is 7.10. The molecule has 0 bridgehead atoms. The fourth-order valence-electron chi connectivity index (χ4n) is 3.60. The Balaban J connectivity index is 2.55. The minimum Gasteiger partial charge on any atom is -0.543 e. The van der Waals surface area contributed by atoms with E-state index < -0.39 is 18.4 Å². The van der Waals surface area contributed by atoms with Gasteiger partial charge in [0, 0.05) is 10.3 Å². The Hall–Kier alpha value is -1.15. The van der Waals surface area contributed by atoms with Crippen LogP contribution in [-0.4, -0.2) is 21.3 Å². The van der Waals surface area contributed by atoms with Crippen LogP contribution in [0, 0.1) is 13.8 Å². The van der Waals surface area contributed by atoms with Gasteiger partial charge in [-0.3, -0.25) is 4.55 Å². The Kier molecular flexibility index (Phi) is 7.04. The van der Waals surface area contributed by atoms with Crippen molar-refractivity contribution in [2.45, 2.75) is 89.1 Å². The average molecular weight is 469 g/mol. The molecule has 0 aliphatic carbocycles. The lowest BCUT2D eigenvalue weighted by Crippen LogP contribution is -2.44. The van der Waals surface area contributed by atoms with E-state index in [9.17, 15) is 13.0 Å². The summed E-state index contributed by atoms with van der Waals surface area (Å²) >= 11 is 1.18. The molecule has 0 fully saturated rings. The Morgan fingerprint density at radius 1 is 1.03 bits per heavy atom. The molecule has 168 valence electrons. The first-order valence-corrected chi connectivity index (χ1v) is 15.6. The summed E-state index contributed by atoms with van der Waals surface area (Å²) in [5, 5.41) is 0.120. The van der Waals surface area contributed by atoms with Crippen molar-refractivity contribution in [2.75, 3.05) is 0 Å². The smallest absolute Gasteiger partial charge is 0.304 e. The molecule has 1 aromatic heterocycles. The summed E-state index contributed by atoms with van der Waals surface area (Å²) in [6.45, 7) is 19.2. The summed E-state index contributed by atoms with van der Waals surface area (Å²) in [5.41, 5.74) is 2.53. The van der Waals surface area contributed by atoms with Crippen LogP contribution in [-0.2, 0) is 15.5 Å². The van der Waals surface area contributed by atoms with Crippen LogP contribution in [0.3, 0.4) is 0 Å². The number of hydrogen-bond donors (Lipinski definition) is 1. The van der Waals surface area contributed by atoms with Crippen LogP contribution in [0.4, 0.5) is 0 Å². The number of hydrogen-bond acceptors (Lipinski definition) is 4. The molecule has 0 radical (unpaired) electrons. The predicted molar refractivity (Wildman–Crippen MR) is 129 cm³/mol. The Bertz CT molecular complexity index is 1010. The van der Waals surface area contributed by atoms with Crippen molar-refractivity contribution in [1.82, 2.24) is 0 Å². The first-order valence-electron chi connectivity index (χ1n) is 10.5. The molecule has 0 saturated heterocycles. The zero-order valence-electron chi connectivity index (χ0n) is 19.7. The first-order chi connectivity index (χ1) is 13.6. The molecule has 2 aromatic rings. The van der Waals surface area contributed by atoms with Gasteiger partial charge in [-0.25, -0.2) is 0 Å². The second-order valence-electron chi connectivity index (χ2n) is 9.69. The highest BCUT2D eigenvalue weighted by molar-refractivity contribution is 7.88. The van der Waals surface area contributed by atoms with Crippen molar-refractivity contribution >= 4 is 29.8 Å². The lowest BCUT2D eigenvalue weighted by atomic mass is 9.74. The summed E-state index contributed by atoms with van der Waals surface area (Å²) in [5.74, 6) is 0.924. The SMILES string of the molecule is CCC(CC)(c1ccc(O[Si](C)(C)C(C)(C)C)c(C)c1)c1cc(C)c(S(=O)(=O)O)s1. The molecule has 0 aliphatic rings. The van der Waals surface area contributed by atoms with Gasteiger partial charge in [0.25, 0.3) is 0 Å². The van der Waals surface area contributed by atoms with Gasteiger partial charge in [0.15, 0.2) is 0 Å². The second-order valence-corrected chi connectivity index (χ2v) is 17.1. The Morgan fingerprint density at radius 3 is 2.00 bits per heavy atom. The van der Waals surface area contributed by atoms with Crippen molar-refractivity contribution in [3.05, 3.63) is 45.8 Å². The molecular formula is C23H36O4S2Si. The largest absolute Gasteiger partial charge is 0.543 e. The van der Waals surface area contributed by atoms with Crippen LogP contribution in [0.1, 0.15) is 69.0 Å². The van der Waals surface area contributed by atoms with Crippen molar-refractivity contribution in [1.29, 1.82) is 0 Å². The van der Waals surface area contributed by atoms with Gasteiger partial charge in [0.05, 0.1) is 0 Å². The molecule has 7 heteroatoms. The van der Waals surface area contributed by atoms with E-state index in [1.807, 2.05) is 6.07 Å². The van der Waals surface area contributed by atoms with Crippen LogP contribution >= 0.6 is 11.3 Å². The third-order valence-electron chi connectivity index (χ3n) is 6.68. The van der Waals surface area contributed by atoms with E-state index in [4.69, 9.17) is 4.43 Å². The minimum absolute atomic E-state index is 0.0402. The van der Waals surface area contributed by atoms with E-state index in [0.717, 1.165) is 34.6 Å². The van der Waals surface area contributed by atoms with E-state index in [1.54, 1.807) is 6.92 Å². The monoisotopic (exact) mass is 468 g/mol. The zero-order valence-corrected chi connectivity index (χ0v) is 22.3. The number of aryl methyl sites for hydroxylation is 2. The van der Waals surface area contributed by atoms with Gasteiger partial charge in [-0.1, -0.05) is 46.8 Å². The average Bonchev–Trinajstić information content (AvgIpc) is 3.00. The van der Waals surface area contributed by atoms with Crippen molar-refractivity contribution in [3.8, 4) is 5.75 Å². The van der Waals surface area contributed by atoms with Crippen molar-refractivity contribution in [3.63, 3.8) is 0 Å². The summed E-state index contributed by atoms with van der Waals surface area (Å²) in [4.78, 5) is 0.968. The molecule has 2 rings (SSSR count). The van der Waals surface area contributed by atoms with Gasteiger partial charge in [-0.15, -0.1) is 11.3 Å². The normalized spacial score (nSPS) is 13.5. The molecule has 0 unspecified atom stereocenters. The van der Waals surface area contributed by atoms with Crippen LogP contribution in [0.5, 0.6) is 5.75 Å². The number of thiophene rings is 1. The molecule has 1 N–H and O–H groups in total. The highest BCUT2D eigenvalue weighted by Gasteiger charge is 2.40. The molecular weight excluding hydrogens is 432 g/mol. The quantitative estimate of drug-likeness (QED) is 0.347. The van der Waals surface area contributed by atoms with Gasteiger partial charge in [0.2, 0.25) is 8.32 Å².